The summed E-state index contributed by atoms with van der Waals surface area (Å²) in [4.78, 5) is 0. The molecule has 2 aliphatic heterocycles. The Balaban J connectivity index is 2.07. The summed E-state index contributed by atoms with van der Waals surface area (Å²) >= 11 is 0. The quantitative estimate of drug-likeness (QED) is 0.718. The second-order valence-electron chi connectivity index (χ2n) is 4.67. The zero-order valence-corrected chi connectivity index (χ0v) is 10.1. The van der Waals surface area contributed by atoms with Crippen LogP contribution in [-0.2, 0) is 10.0 Å². The topological polar surface area (TPSA) is 49.4 Å². The summed E-state index contributed by atoms with van der Waals surface area (Å²) in [6.07, 6.45) is 3.78. The van der Waals surface area contributed by atoms with E-state index in [4.69, 9.17) is 0 Å². The molecule has 0 amide bonds. The highest BCUT2D eigenvalue weighted by Crippen LogP contribution is 2.23. The van der Waals surface area contributed by atoms with Gasteiger partial charge in [0, 0.05) is 18.6 Å². The zero-order chi connectivity index (χ0) is 10.9. The van der Waals surface area contributed by atoms with E-state index in [-0.39, 0.29) is 6.04 Å². The maximum Gasteiger partial charge on any atom is 0.214 e. The summed E-state index contributed by atoms with van der Waals surface area (Å²) in [5.74, 6) is 0.352. The Morgan fingerprint density at radius 2 is 2.13 bits per heavy atom. The molecule has 15 heavy (non-hydrogen) atoms. The predicted octanol–water partition coefficient (Wildman–Crippen LogP) is 0.552. The van der Waals surface area contributed by atoms with Crippen LogP contribution in [0.15, 0.2) is 0 Å². The minimum absolute atomic E-state index is 0.242. The second-order valence-corrected chi connectivity index (χ2v) is 6.71. The van der Waals surface area contributed by atoms with Gasteiger partial charge in [-0.3, -0.25) is 0 Å². The van der Waals surface area contributed by atoms with Crippen molar-refractivity contribution < 1.29 is 8.42 Å². The fraction of sp³-hybridized carbons (Fsp3) is 1.00. The molecule has 88 valence electrons. The second kappa shape index (κ2) is 4.39. The Bertz CT molecular complexity index is 315. The Morgan fingerprint density at radius 1 is 1.33 bits per heavy atom. The van der Waals surface area contributed by atoms with Crippen molar-refractivity contribution in [2.45, 2.75) is 44.7 Å². The molecule has 0 radical (unpaired) electrons. The van der Waals surface area contributed by atoms with Crippen LogP contribution in [-0.4, -0.2) is 43.6 Å². The Morgan fingerprint density at radius 3 is 2.80 bits per heavy atom. The molecule has 1 N–H and O–H groups in total. The Hall–Kier alpha value is -0.130. The number of piperidine rings is 1. The van der Waals surface area contributed by atoms with Crippen LogP contribution in [0.1, 0.15) is 32.6 Å². The molecule has 2 saturated heterocycles. The van der Waals surface area contributed by atoms with Crippen LogP contribution in [0.5, 0.6) is 0 Å². The van der Waals surface area contributed by atoms with Crippen LogP contribution in [0.25, 0.3) is 0 Å². The van der Waals surface area contributed by atoms with Crippen LogP contribution in [0.4, 0.5) is 0 Å². The standard InChI is InChI=1S/C10H20N2O2S/c1-9-8-10(4-5-11-9)12-6-2-3-7-15(12,13)14/h9-11H,2-8H2,1H3. The maximum atomic E-state index is 11.9. The van der Waals surface area contributed by atoms with E-state index >= 15 is 0 Å². The molecule has 5 heteroatoms. The van der Waals surface area contributed by atoms with Gasteiger partial charge in [-0.1, -0.05) is 0 Å². The zero-order valence-electron chi connectivity index (χ0n) is 9.28. The van der Waals surface area contributed by atoms with Gasteiger partial charge >= 0.3 is 0 Å². The van der Waals surface area contributed by atoms with Gasteiger partial charge in [-0.2, -0.15) is 4.31 Å². The first kappa shape index (κ1) is 11.4. The van der Waals surface area contributed by atoms with Crippen molar-refractivity contribution in [1.29, 1.82) is 0 Å². The van der Waals surface area contributed by atoms with E-state index in [1.165, 1.54) is 0 Å². The lowest BCUT2D eigenvalue weighted by Gasteiger charge is -2.38. The van der Waals surface area contributed by atoms with Gasteiger partial charge in [0.1, 0.15) is 0 Å². The molecule has 0 aliphatic carbocycles. The molecule has 2 aliphatic rings. The predicted molar refractivity (Wildman–Crippen MR) is 60.2 cm³/mol. The Labute approximate surface area is 92.1 Å². The smallest absolute Gasteiger partial charge is 0.214 e. The molecule has 0 saturated carbocycles. The van der Waals surface area contributed by atoms with Gasteiger partial charge in [0.25, 0.3) is 0 Å². The summed E-state index contributed by atoms with van der Waals surface area (Å²) in [5.41, 5.74) is 0. The van der Waals surface area contributed by atoms with Gasteiger partial charge in [0.05, 0.1) is 5.75 Å². The van der Waals surface area contributed by atoms with Crippen molar-refractivity contribution in [3.05, 3.63) is 0 Å². The molecular formula is C10H20N2O2S. The van der Waals surface area contributed by atoms with Crippen LogP contribution in [0, 0.1) is 0 Å². The molecule has 0 spiro atoms. The highest BCUT2D eigenvalue weighted by Gasteiger charge is 2.34. The summed E-state index contributed by atoms with van der Waals surface area (Å²) in [6.45, 7) is 3.81. The molecule has 2 fully saturated rings. The van der Waals surface area contributed by atoms with Crippen molar-refractivity contribution >= 4 is 10.0 Å². The van der Waals surface area contributed by atoms with Crippen molar-refractivity contribution in [2.75, 3.05) is 18.8 Å². The molecule has 2 heterocycles. The molecule has 0 aromatic rings. The van der Waals surface area contributed by atoms with Gasteiger partial charge in [0.15, 0.2) is 0 Å². The van der Waals surface area contributed by atoms with Crippen molar-refractivity contribution in [1.82, 2.24) is 9.62 Å². The van der Waals surface area contributed by atoms with Gasteiger partial charge in [-0.05, 0) is 39.2 Å². The number of nitrogens with one attached hydrogen (secondary N) is 1. The molecule has 2 atom stereocenters. The number of sulfonamides is 1. The highest BCUT2D eigenvalue weighted by molar-refractivity contribution is 7.89. The van der Waals surface area contributed by atoms with Gasteiger partial charge in [-0.15, -0.1) is 0 Å². The molecular weight excluding hydrogens is 212 g/mol. The summed E-state index contributed by atoms with van der Waals surface area (Å²) in [7, 11) is -2.94. The molecule has 0 bridgehead atoms. The van der Waals surface area contributed by atoms with Gasteiger partial charge in [0.2, 0.25) is 10.0 Å². The first-order chi connectivity index (χ1) is 7.09. The third-order valence-electron chi connectivity index (χ3n) is 3.39. The number of rotatable bonds is 1. The molecule has 2 rings (SSSR count). The fourth-order valence-electron chi connectivity index (χ4n) is 2.59. The van der Waals surface area contributed by atoms with Crippen LogP contribution < -0.4 is 5.32 Å². The third-order valence-corrected chi connectivity index (χ3v) is 5.39. The number of hydrogen-bond donors (Lipinski definition) is 1. The lowest BCUT2D eigenvalue weighted by molar-refractivity contribution is 0.226. The first-order valence-electron chi connectivity index (χ1n) is 5.82. The minimum atomic E-state index is -2.94. The maximum absolute atomic E-state index is 11.9. The monoisotopic (exact) mass is 232 g/mol. The highest BCUT2D eigenvalue weighted by atomic mass is 32.2. The van der Waals surface area contributed by atoms with E-state index in [0.29, 0.717) is 11.8 Å². The fourth-order valence-corrected chi connectivity index (χ4v) is 4.44. The van der Waals surface area contributed by atoms with E-state index in [0.717, 1.165) is 38.8 Å². The van der Waals surface area contributed by atoms with Gasteiger partial charge in [-0.25, -0.2) is 8.42 Å². The molecule has 0 aromatic heterocycles. The first-order valence-corrected chi connectivity index (χ1v) is 7.43. The lowest BCUT2D eigenvalue weighted by Crippen LogP contribution is -2.51. The SMILES string of the molecule is CC1CC(N2CCCCS2(=O)=O)CCN1. The Kier molecular flexibility index (Phi) is 3.33. The molecule has 4 nitrogen and oxygen atoms in total. The van der Waals surface area contributed by atoms with Crippen LogP contribution >= 0.6 is 0 Å². The van der Waals surface area contributed by atoms with Gasteiger partial charge < -0.3 is 5.32 Å². The van der Waals surface area contributed by atoms with Crippen molar-refractivity contribution in [2.24, 2.45) is 0 Å². The minimum Gasteiger partial charge on any atom is -0.314 e. The average molecular weight is 232 g/mol. The number of hydrogen-bond acceptors (Lipinski definition) is 3. The normalized spacial score (nSPS) is 37.7. The average Bonchev–Trinajstić information content (AvgIpc) is 2.17. The van der Waals surface area contributed by atoms with Crippen molar-refractivity contribution in [3.8, 4) is 0 Å². The molecule has 2 unspecified atom stereocenters. The third kappa shape index (κ3) is 2.52. The summed E-state index contributed by atoms with van der Waals surface area (Å²) < 4.78 is 25.5. The van der Waals surface area contributed by atoms with Crippen molar-refractivity contribution in [3.63, 3.8) is 0 Å². The van der Waals surface area contributed by atoms with E-state index in [1.807, 2.05) is 0 Å². The summed E-state index contributed by atoms with van der Waals surface area (Å²) in [5, 5.41) is 3.36. The van der Waals surface area contributed by atoms with Crippen LogP contribution in [0.3, 0.4) is 0 Å². The van der Waals surface area contributed by atoms with E-state index in [2.05, 4.69) is 12.2 Å². The summed E-state index contributed by atoms with van der Waals surface area (Å²) in [6, 6.07) is 0.687. The lowest BCUT2D eigenvalue weighted by atomic mass is 10.0. The largest absolute Gasteiger partial charge is 0.314 e. The van der Waals surface area contributed by atoms with E-state index in [9.17, 15) is 8.42 Å². The van der Waals surface area contributed by atoms with Crippen LogP contribution in [0.2, 0.25) is 0 Å². The van der Waals surface area contributed by atoms with E-state index < -0.39 is 10.0 Å². The molecule has 0 aromatic carbocycles. The number of nitrogens with zero attached hydrogens (tertiary/aromatic N) is 1. The van der Waals surface area contributed by atoms with E-state index in [1.54, 1.807) is 4.31 Å².